The quantitative estimate of drug-likeness (QED) is 0.649. The third-order valence-electron chi connectivity index (χ3n) is 3.04. The van der Waals surface area contributed by atoms with E-state index in [1.807, 2.05) is 36.4 Å². The minimum Gasteiger partial charge on any atom is -0.106 e. The summed E-state index contributed by atoms with van der Waals surface area (Å²) >= 11 is 0. The molecule has 0 aliphatic rings. The molecule has 0 nitrogen and oxygen atoms in total. The predicted octanol–water partition coefficient (Wildman–Crippen LogP) is 3.21. The van der Waals surface area contributed by atoms with Crippen molar-refractivity contribution < 1.29 is 0 Å². The summed E-state index contributed by atoms with van der Waals surface area (Å²) in [6, 6.07) is 12.0. The highest BCUT2D eigenvalue weighted by Crippen LogP contribution is 2.19. The van der Waals surface area contributed by atoms with Crippen molar-refractivity contribution in [3.8, 4) is 95.2 Å². The van der Waals surface area contributed by atoms with E-state index < -0.39 is 0 Å². The zero-order valence-corrected chi connectivity index (χ0v) is 14.5. The van der Waals surface area contributed by atoms with Crippen LogP contribution in [-0.2, 0) is 0 Å². The van der Waals surface area contributed by atoms with Crippen LogP contribution in [-0.4, -0.2) is 0 Å². The molecule has 0 saturated carbocycles. The maximum atomic E-state index is 5.03. The van der Waals surface area contributed by atoms with Gasteiger partial charge in [0.15, 0.2) is 0 Å². The Labute approximate surface area is 160 Å². The number of hydrogen-bond acceptors (Lipinski definition) is 0. The van der Waals surface area contributed by atoms with Crippen LogP contribution in [0.4, 0.5) is 0 Å². The van der Waals surface area contributed by atoms with Crippen molar-refractivity contribution in [2.45, 2.75) is 6.92 Å². The summed E-state index contributed by atoms with van der Waals surface area (Å²) in [4.78, 5) is 0. The smallest absolute Gasteiger partial charge is 0.0418 e. The van der Waals surface area contributed by atoms with E-state index >= 15 is 0 Å². The molecule has 0 bridgehead atoms. The van der Waals surface area contributed by atoms with E-state index in [0.717, 1.165) is 21.9 Å². The molecule has 0 aromatic heterocycles. The average Bonchev–Trinajstić information content (AvgIpc) is 2.70. The Bertz CT molecular complexity index is 1360. The molecular formula is C27H10. The van der Waals surface area contributed by atoms with Crippen molar-refractivity contribution in [3.63, 3.8) is 0 Å². The standard InChI is InChI=1S/C27H10/c1-3-5-7-9-11-13-15-19-25-23-27-21-17-16-20-26(27)22-24(25)18-14-12-10-8-6-4-2/h2,16-17,20-23H,1H3. The average molecular weight is 334 g/mol. The fourth-order valence-electron chi connectivity index (χ4n) is 1.96. The van der Waals surface area contributed by atoms with Gasteiger partial charge in [-0.25, -0.2) is 0 Å². The van der Waals surface area contributed by atoms with Gasteiger partial charge in [-0.1, -0.05) is 42.0 Å². The molecule has 118 valence electrons. The lowest BCUT2D eigenvalue weighted by Gasteiger charge is -2.01. The second-order valence-electron chi connectivity index (χ2n) is 4.76. The van der Waals surface area contributed by atoms with Crippen molar-refractivity contribution in [2.75, 3.05) is 0 Å². The molecule has 0 atom stereocenters. The van der Waals surface area contributed by atoms with E-state index in [0.29, 0.717) is 0 Å². The highest BCUT2D eigenvalue weighted by Gasteiger charge is 2.00. The first kappa shape index (κ1) is 18.5. The molecule has 0 N–H and O–H groups in total. The van der Waals surface area contributed by atoms with E-state index in [2.05, 4.69) is 88.8 Å². The molecular weight excluding hydrogens is 324 g/mol. The SMILES string of the molecule is C#CC#CC#CC#Cc1cc2ccccc2cc1C#CC#CC#CC#CC. The summed E-state index contributed by atoms with van der Waals surface area (Å²) in [5.74, 6) is 39.8. The van der Waals surface area contributed by atoms with Gasteiger partial charge >= 0.3 is 0 Å². The van der Waals surface area contributed by atoms with Crippen molar-refractivity contribution in [3.05, 3.63) is 47.5 Å². The second-order valence-corrected chi connectivity index (χ2v) is 4.76. The summed E-state index contributed by atoms with van der Waals surface area (Å²) in [5, 5.41) is 2.15. The van der Waals surface area contributed by atoms with Gasteiger partial charge in [0.2, 0.25) is 0 Å². The number of terminal acetylenes is 1. The first-order chi connectivity index (χ1) is 13.3. The molecule has 0 radical (unpaired) electrons. The van der Waals surface area contributed by atoms with Crippen molar-refractivity contribution in [1.29, 1.82) is 0 Å². The molecule has 0 aliphatic carbocycles. The molecule has 0 heteroatoms. The molecule has 0 amide bonds. The molecule has 2 aromatic carbocycles. The summed E-state index contributed by atoms with van der Waals surface area (Å²) in [7, 11) is 0. The number of fused-ring (bicyclic) bond motifs is 1. The third kappa shape index (κ3) is 6.30. The van der Waals surface area contributed by atoms with E-state index in [1.54, 1.807) is 6.92 Å². The fourth-order valence-corrected chi connectivity index (χ4v) is 1.96. The minimum atomic E-state index is 0.769. The number of hydrogen-bond donors (Lipinski definition) is 0. The van der Waals surface area contributed by atoms with Crippen LogP contribution in [0.5, 0.6) is 0 Å². The van der Waals surface area contributed by atoms with E-state index in [9.17, 15) is 0 Å². The maximum Gasteiger partial charge on any atom is 0.0418 e. The van der Waals surface area contributed by atoms with Gasteiger partial charge in [0.05, 0.1) is 0 Å². The maximum absolute atomic E-state index is 5.03. The zero-order valence-electron chi connectivity index (χ0n) is 14.5. The Morgan fingerprint density at radius 3 is 1.52 bits per heavy atom. The van der Waals surface area contributed by atoms with E-state index in [-0.39, 0.29) is 0 Å². The first-order valence-electron chi connectivity index (χ1n) is 7.77. The summed E-state index contributed by atoms with van der Waals surface area (Å²) in [5.41, 5.74) is 1.54. The molecule has 0 unspecified atom stereocenters. The van der Waals surface area contributed by atoms with Crippen molar-refractivity contribution in [1.82, 2.24) is 0 Å². The van der Waals surface area contributed by atoms with Gasteiger partial charge in [0.1, 0.15) is 0 Å². The van der Waals surface area contributed by atoms with Gasteiger partial charge in [0, 0.05) is 11.1 Å². The van der Waals surface area contributed by atoms with Crippen LogP contribution in [0.1, 0.15) is 18.1 Å². The molecule has 0 spiro atoms. The Hall–Kier alpha value is -4.82. The lowest BCUT2D eigenvalue weighted by molar-refractivity contribution is 1.64. The minimum absolute atomic E-state index is 0.769. The van der Waals surface area contributed by atoms with Gasteiger partial charge in [-0.05, 0) is 101 Å². The van der Waals surface area contributed by atoms with E-state index in [4.69, 9.17) is 6.42 Å². The largest absolute Gasteiger partial charge is 0.106 e. The normalized spacial score (nSPS) is 6.81. The third-order valence-corrected chi connectivity index (χ3v) is 3.04. The Kier molecular flexibility index (Phi) is 7.45. The van der Waals surface area contributed by atoms with Crippen molar-refractivity contribution >= 4 is 10.8 Å². The van der Waals surface area contributed by atoms with Gasteiger partial charge in [-0.3, -0.25) is 0 Å². The molecule has 0 aliphatic heterocycles. The highest BCUT2D eigenvalue weighted by atomic mass is 14.0. The van der Waals surface area contributed by atoms with Crippen LogP contribution >= 0.6 is 0 Å². The lowest BCUT2D eigenvalue weighted by Crippen LogP contribution is -1.85. The summed E-state index contributed by atoms with van der Waals surface area (Å²) in [6.45, 7) is 1.72. The monoisotopic (exact) mass is 334 g/mol. The second kappa shape index (κ2) is 10.9. The van der Waals surface area contributed by atoms with Crippen molar-refractivity contribution in [2.24, 2.45) is 0 Å². The molecule has 27 heavy (non-hydrogen) atoms. The van der Waals surface area contributed by atoms with Crippen LogP contribution in [0.3, 0.4) is 0 Å². The van der Waals surface area contributed by atoms with Gasteiger partial charge in [-0.15, -0.1) is 6.42 Å². The predicted molar refractivity (Wildman–Crippen MR) is 111 cm³/mol. The Balaban J connectivity index is 2.42. The lowest BCUT2D eigenvalue weighted by atomic mass is 10.0. The van der Waals surface area contributed by atoms with Crippen LogP contribution < -0.4 is 0 Å². The highest BCUT2D eigenvalue weighted by molar-refractivity contribution is 5.86. The topological polar surface area (TPSA) is 0 Å². The van der Waals surface area contributed by atoms with Gasteiger partial charge in [0.25, 0.3) is 0 Å². The number of benzene rings is 2. The van der Waals surface area contributed by atoms with Gasteiger partial charge < -0.3 is 0 Å². The fraction of sp³-hybridized carbons (Fsp3) is 0.0370. The molecule has 0 fully saturated rings. The molecule has 2 rings (SSSR count). The van der Waals surface area contributed by atoms with Crippen LogP contribution in [0.25, 0.3) is 10.8 Å². The number of rotatable bonds is 0. The Morgan fingerprint density at radius 1 is 0.593 bits per heavy atom. The zero-order chi connectivity index (χ0) is 19.2. The summed E-state index contributed by atoms with van der Waals surface area (Å²) in [6.07, 6.45) is 5.03. The van der Waals surface area contributed by atoms with Crippen LogP contribution in [0.15, 0.2) is 36.4 Å². The molecule has 0 heterocycles. The van der Waals surface area contributed by atoms with E-state index in [1.165, 1.54) is 0 Å². The van der Waals surface area contributed by atoms with Gasteiger partial charge in [-0.2, -0.15) is 0 Å². The Morgan fingerprint density at radius 2 is 1.04 bits per heavy atom. The summed E-state index contributed by atoms with van der Waals surface area (Å²) < 4.78 is 0. The molecule has 2 aromatic rings. The van der Waals surface area contributed by atoms with Crippen LogP contribution in [0.2, 0.25) is 0 Å². The molecule has 0 saturated heterocycles. The van der Waals surface area contributed by atoms with Crippen LogP contribution in [0, 0.1) is 95.2 Å². The first-order valence-corrected chi connectivity index (χ1v) is 7.77.